The molecule has 0 radical (unpaired) electrons. The van der Waals surface area contributed by atoms with Crippen molar-refractivity contribution in [2.75, 3.05) is 19.6 Å². The Morgan fingerprint density at radius 2 is 1.87 bits per heavy atom. The first-order valence-electron chi connectivity index (χ1n) is 11.9. The molecule has 0 spiro atoms. The van der Waals surface area contributed by atoms with Crippen molar-refractivity contribution in [3.63, 3.8) is 0 Å². The highest BCUT2D eigenvalue weighted by molar-refractivity contribution is 6.30. The van der Waals surface area contributed by atoms with Gasteiger partial charge in [0.1, 0.15) is 12.6 Å². The van der Waals surface area contributed by atoms with E-state index in [4.69, 9.17) is 16.1 Å². The molecule has 2 amide bonds. The molecule has 1 saturated heterocycles. The molecule has 0 unspecified atom stereocenters. The number of benzene rings is 2. The monoisotopic (exact) mass is 554 g/mol. The molecule has 0 N–H and O–H groups in total. The summed E-state index contributed by atoms with van der Waals surface area (Å²) in [7, 11) is 0. The number of likely N-dealkylation sites (tertiary alicyclic amines) is 1. The molecular weight excluding hydrogens is 532 g/mol. The average Bonchev–Trinajstić information content (AvgIpc) is 3.42. The molecule has 2 heterocycles. The first kappa shape index (κ1) is 27.4. The third-order valence-electron chi connectivity index (χ3n) is 6.17. The van der Waals surface area contributed by atoms with Gasteiger partial charge in [0.05, 0.1) is 21.5 Å². The average molecular weight is 555 g/mol. The lowest BCUT2D eigenvalue weighted by atomic mass is 10.0. The lowest BCUT2D eigenvalue weighted by Gasteiger charge is -2.35. The SMILES string of the molecule is C=CCN(CC(=O)N1CCCC[C@@H]1c1nc(-c2cccc(Cl)c2)no1)C(=O)c1cc([N+](=O)[O-])cc([N+](=O)[O-])c1. The normalized spacial score (nSPS) is 15.0. The smallest absolute Gasteiger partial charge is 0.277 e. The van der Waals surface area contributed by atoms with Crippen molar-refractivity contribution >= 4 is 34.8 Å². The predicted molar refractivity (Wildman–Crippen MR) is 139 cm³/mol. The molecule has 14 heteroatoms. The van der Waals surface area contributed by atoms with Crippen molar-refractivity contribution < 1.29 is 24.0 Å². The van der Waals surface area contributed by atoms with Crippen LogP contribution in [0.15, 0.2) is 59.6 Å². The quantitative estimate of drug-likeness (QED) is 0.209. The van der Waals surface area contributed by atoms with E-state index in [0.29, 0.717) is 29.4 Å². The van der Waals surface area contributed by atoms with Gasteiger partial charge in [-0.2, -0.15) is 4.98 Å². The van der Waals surface area contributed by atoms with Gasteiger partial charge in [-0.3, -0.25) is 29.8 Å². The number of non-ortho nitro benzene ring substituents is 2. The van der Waals surface area contributed by atoms with E-state index in [1.165, 1.54) is 6.08 Å². The van der Waals surface area contributed by atoms with Crippen LogP contribution in [0.1, 0.15) is 41.6 Å². The Balaban J connectivity index is 1.57. The minimum atomic E-state index is -0.826. The fourth-order valence-corrected chi connectivity index (χ4v) is 4.53. The number of hydrogen-bond acceptors (Lipinski definition) is 9. The number of amides is 2. The molecule has 0 saturated carbocycles. The molecule has 39 heavy (non-hydrogen) atoms. The van der Waals surface area contributed by atoms with Crippen LogP contribution >= 0.6 is 11.6 Å². The minimum Gasteiger partial charge on any atom is -0.337 e. The summed E-state index contributed by atoms with van der Waals surface area (Å²) < 4.78 is 5.50. The summed E-state index contributed by atoms with van der Waals surface area (Å²) >= 11 is 6.06. The van der Waals surface area contributed by atoms with Gasteiger partial charge in [-0.25, -0.2) is 0 Å². The molecule has 0 aliphatic carbocycles. The highest BCUT2D eigenvalue weighted by Crippen LogP contribution is 2.32. The van der Waals surface area contributed by atoms with Gasteiger partial charge in [-0.1, -0.05) is 35.0 Å². The van der Waals surface area contributed by atoms with Crippen LogP contribution in [0.2, 0.25) is 5.02 Å². The maximum atomic E-state index is 13.4. The summed E-state index contributed by atoms with van der Waals surface area (Å²) in [5, 5.41) is 27.1. The van der Waals surface area contributed by atoms with Crippen LogP contribution in [0.4, 0.5) is 11.4 Å². The standard InChI is InChI=1S/C25H23ClN6O7/c1-2-9-29(25(34)17-12-19(31(35)36)14-20(13-17)32(37)38)15-22(33)30-10-4-3-8-21(30)24-27-23(28-39-24)16-6-5-7-18(26)11-16/h2,5-7,11-14,21H,1,3-4,8-10,15H2/t21-/m1/s1. The molecule has 1 aliphatic heterocycles. The van der Waals surface area contributed by atoms with Gasteiger partial charge < -0.3 is 14.3 Å². The molecule has 1 aromatic heterocycles. The largest absolute Gasteiger partial charge is 0.337 e. The second kappa shape index (κ2) is 11.8. The molecule has 1 aliphatic rings. The third kappa shape index (κ3) is 6.26. The number of piperidine rings is 1. The lowest BCUT2D eigenvalue weighted by Crippen LogP contribution is -2.46. The zero-order valence-corrected chi connectivity index (χ0v) is 21.3. The second-order valence-corrected chi connectivity index (χ2v) is 9.23. The van der Waals surface area contributed by atoms with E-state index in [-0.39, 0.29) is 18.0 Å². The minimum absolute atomic E-state index is 0.0704. The summed E-state index contributed by atoms with van der Waals surface area (Å²) in [5.74, 6) is -0.642. The highest BCUT2D eigenvalue weighted by atomic mass is 35.5. The van der Waals surface area contributed by atoms with Crippen molar-refractivity contribution in [3.8, 4) is 11.4 Å². The highest BCUT2D eigenvalue weighted by Gasteiger charge is 2.34. The lowest BCUT2D eigenvalue weighted by molar-refractivity contribution is -0.394. The van der Waals surface area contributed by atoms with Crippen molar-refractivity contribution in [2.24, 2.45) is 0 Å². The fraction of sp³-hybridized carbons (Fsp3) is 0.280. The number of carbonyl (C=O) groups is 2. The van der Waals surface area contributed by atoms with Crippen molar-refractivity contribution in [2.45, 2.75) is 25.3 Å². The molecule has 4 rings (SSSR count). The molecule has 3 aromatic rings. The zero-order valence-electron chi connectivity index (χ0n) is 20.6. The number of halogens is 1. The summed E-state index contributed by atoms with van der Waals surface area (Å²) in [6.07, 6.45) is 3.50. The molecule has 202 valence electrons. The number of rotatable bonds is 9. The van der Waals surface area contributed by atoms with E-state index in [0.717, 1.165) is 35.9 Å². The summed E-state index contributed by atoms with van der Waals surface area (Å²) in [5.41, 5.74) is -0.857. The molecule has 13 nitrogen and oxygen atoms in total. The topological polar surface area (TPSA) is 166 Å². The van der Waals surface area contributed by atoms with Gasteiger partial charge in [0.2, 0.25) is 17.6 Å². The molecule has 1 atom stereocenters. The molecular formula is C25H23ClN6O7. The van der Waals surface area contributed by atoms with Gasteiger partial charge in [0, 0.05) is 35.8 Å². The summed E-state index contributed by atoms with van der Waals surface area (Å²) in [6.45, 7) is 3.53. The van der Waals surface area contributed by atoms with E-state index in [1.54, 1.807) is 29.2 Å². The fourth-order valence-electron chi connectivity index (χ4n) is 4.34. The van der Waals surface area contributed by atoms with Crippen LogP contribution in [0.25, 0.3) is 11.4 Å². The first-order valence-corrected chi connectivity index (χ1v) is 12.3. The van der Waals surface area contributed by atoms with Gasteiger partial charge in [0.25, 0.3) is 17.3 Å². The Kier molecular flexibility index (Phi) is 8.30. The van der Waals surface area contributed by atoms with Crippen LogP contribution in [0.3, 0.4) is 0 Å². The number of carbonyl (C=O) groups excluding carboxylic acids is 2. The third-order valence-corrected chi connectivity index (χ3v) is 6.40. The Morgan fingerprint density at radius 1 is 1.15 bits per heavy atom. The van der Waals surface area contributed by atoms with Crippen molar-refractivity contribution in [3.05, 3.63) is 91.8 Å². The van der Waals surface area contributed by atoms with Gasteiger partial charge in [0.15, 0.2) is 0 Å². The second-order valence-electron chi connectivity index (χ2n) is 8.79. The van der Waals surface area contributed by atoms with Crippen LogP contribution in [-0.4, -0.2) is 61.2 Å². The van der Waals surface area contributed by atoms with Crippen molar-refractivity contribution in [1.82, 2.24) is 19.9 Å². The van der Waals surface area contributed by atoms with E-state index < -0.39 is 45.6 Å². The van der Waals surface area contributed by atoms with E-state index in [2.05, 4.69) is 16.7 Å². The Morgan fingerprint density at radius 3 is 2.51 bits per heavy atom. The number of aromatic nitrogens is 2. The Labute approximate surface area is 227 Å². The van der Waals surface area contributed by atoms with Gasteiger partial charge in [-0.15, -0.1) is 6.58 Å². The Hall–Kier alpha value is -4.65. The number of hydrogen-bond donors (Lipinski definition) is 0. The predicted octanol–water partition coefficient (Wildman–Crippen LogP) is 4.59. The zero-order chi connectivity index (χ0) is 28.1. The molecule has 1 fully saturated rings. The van der Waals surface area contributed by atoms with Crippen molar-refractivity contribution in [1.29, 1.82) is 0 Å². The van der Waals surface area contributed by atoms with Crippen LogP contribution < -0.4 is 0 Å². The van der Waals surface area contributed by atoms with Crippen LogP contribution in [0.5, 0.6) is 0 Å². The van der Waals surface area contributed by atoms with Gasteiger partial charge >= 0.3 is 0 Å². The van der Waals surface area contributed by atoms with Crippen LogP contribution in [-0.2, 0) is 4.79 Å². The number of nitrogens with zero attached hydrogens (tertiary/aromatic N) is 6. The van der Waals surface area contributed by atoms with Gasteiger partial charge in [-0.05, 0) is 31.4 Å². The van der Waals surface area contributed by atoms with E-state index in [9.17, 15) is 29.8 Å². The number of nitro benzene ring substituents is 2. The number of nitro groups is 2. The molecule has 2 aromatic carbocycles. The first-order chi connectivity index (χ1) is 18.7. The van der Waals surface area contributed by atoms with Crippen LogP contribution in [0, 0.1) is 20.2 Å². The molecule has 0 bridgehead atoms. The van der Waals surface area contributed by atoms with E-state index in [1.807, 2.05) is 0 Å². The summed E-state index contributed by atoms with van der Waals surface area (Å²) in [6, 6.07) is 9.07. The maximum Gasteiger partial charge on any atom is 0.277 e. The summed E-state index contributed by atoms with van der Waals surface area (Å²) in [4.78, 5) is 54.7. The van der Waals surface area contributed by atoms with E-state index >= 15 is 0 Å². The maximum absolute atomic E-state index is 13.4. The Bertz CT molecular complexity index is 1410.